The first-order valence-corrected chi connectivity index (χ1v) is 8.22. The Morgan fingerprint density at radius 2 is 1.54 bits per heavy atom. The number of aromatic nitrogens is 1. The number of pyridine rings is 1. The molecule has 0 aliphatic rings. The second-order valence-electron chi connectivity index (χ2n) is 5.98. The van der Waals surface area contributed by atoms with Gasteiger partial charge in [0.25, 0.3) is 0 Å². The summed E-state index contributed by atoms with van der Waals surface area (Å²) in [4.78, 5) is 4.00. The van der Waals surface area contributed by atoms with E-state index in [-0.39, 0.29) is 12.0 Å². The molecule has 0 saturated heterocycles. The minimum Gasteiger partial charge on any atom is -0.380 e. The van der Waals surface area contributed by atoms with Crippen LogP contribution in [0.25, 0.3) is 0 Å². The van der Waals surface area contributed by atoms with Crippen molar-refractivity contribution in [1.29, 1.82) is 0 Å². The van der Waals surface area contributed by atoms with Crippen molar-refractivity contribution in [2.75, 3.05) is 0 Å². The SMILES string of the molecule is OC(Cc1ccc(Cl)cc1)(c1cccnc1)c1cccc(C(F)(F)F)c1. The summed E-state index contributed by atoms with van der Waals surface area (Å²) in [6, 6.07) is 14.8. The number of rotatable bonds is 4. The second kappa shape index (κ2) is 7.09. The molecule has 1 N–H and O–H groups in total. The minimum atomic E-state index is -4.49. The van der Waals surface area contributed by atoms with E-state index in [1.54, 1.807) is 42.6 Å². The van der Waals surface area contributed by atoms with Crippen molar-refractivity contribution in [3.05, 3.63) is 100 Å². The summed E-state index contributed by atoms with van der Waals surface area (Å²) in [6.07, 6.45) is -1.42. The van der Waals surface area contributed by atoms with Gasteiger partial charge < -0.3 is 5.11 Å². The fraction of sp³-hybridized carbons (Fsp3) is 0.150. The summed E-state index contributed by atoms with van der Waals surface area (Å²) in [7, 11) is 0. The zero-order chi connectivity index (χ0) is 18.8. The van der Waals surface area contributed by atoms with Crippen molar-refractivity contribution >= 4 is 11.6 Å². The smallest absolute Gasteiger partial charge is 0.380 e. The van der Waals surface area contributed by atoms with Crippen LogP contribution in [-0.2, 0) is 18.2 Å². The fourth-order valence-electron chi connectivity index (χ4n) is 2.83. The lowest BCUT2D eigenvalue weighted by Crippen LogP contribution is -2.30. The summed E-state index contributed by atoms with van der Waals surface area (Å²) in [5.41, 5.74) is -1.18. The molecule has 3 rings (SSSR count). The molecule has 1 atom stereocenters. The maximum Gasteiger partial charge on any atom is 0.416 e. The lowest BCUT2D eigenvalue weighted by Gasteiger charge is -2.30. The number of halogens is 4. The van der Waals surface area contributed by atoms with Crippen LogP contribution in [0.1, 0.15) is 22.3 Å². The van der Waals surface area contributed by atoms with E-state index in [0.717, 1.165) is 17.7 Å². The molecule has 1 aromatic heterocycles. The number of aliphatic hydroxyl groups is 1. The van der Waals surface area contributed by atoms with E-state index in [2.05, 4.69) is 4.98 Å². The Labute approximate surface area is 153 Å². The third-order valence-electron chi connectivity index (χ3n) is 4.18. The minimum absolute atomic E-state index is 0.0805. The third kappa shape index (κ3) is 3.89. The molecule has 0 spiro atoms. The highest BCUT2D eigenvalue weighted by atomic mass is 35.5. The molecule has 3 aromatic rings. The molecule has 0 saturated carbocycles. The van der Waals surface area contributed by atoms with Crippen LogP contribution in [0.15, 0.2) is 73.1 Å². The predicted octanol–water partition coefficient (Wildman–Crippen LogP) is 5.23. The number of hydrogen-bond acceptors (Lipinski definition) is 2. The average molecular weight is 378 g/mol. The van der Waals surface area contributed by atoms with Gasteiger partial charge in [-0.2, -0.15) is 13.2 Å². The molecular weight excluding hydrogens is 363 g/mol. The van der Waals surface area contributed by atoms with Gasteiger partial charge in [0.2, 0.25) is 0 Å². The highest BCUT2D eigenvalue weighted by Gasteiger charge is 2.36. The molecule has 134 valence electrons. The lowest BCUT2D eigenvalue weighted by atomic mass is 9.81. The highest BCUT2D eigenvalue weighted by molar-refractivity contribution is 6.30. The molecule has 0 aliphatic heterocycles. The molecule has 0 fully saturated rings. The average Bonchev–Trinajstić information content (AvgIpc) is 2.64. The number of alkyl halides is 3. The normalized spacial score (nSPS) is 14.0. The maximum atomic E-state index is 13.1. The first kappa shape index (κ1) is 18.4. The Hall–Kier alpha value is -2.37. The van der Waals surface area contributed by atoms with Crippen molar-refractivity contribution in [2.24, 2.45) is 0 Å². The summed E-state index contributed by atoms with van der Waals surface area (Å²) in [5, 5.41) is 12.0. The molecule has 2 aromatic carbocycles. The zero-order valence-corrected chi connectivity index (χ0v) is 14.3. The van der Waals surface area contributed by atoms with Crippen molar-refractivity contribution in [2.45, 2.75) is 18.2 Å². The van der Waals surface area contributed by atoms with E-state index >= 15 is 0 Å². The van der Waals surface area contributed by atoms with Crippen LogP contribution in [0.4, 0.5) is 13.2 Å². The highest BCUT2D eigenvalue weighted by Crippen LogP contribution is 2.37. The van der Waals surface area contributed by atoms with Gasteiger partial charge in [-0.15, -0.1) is 0 Å². The molecule has 6 heteroatoms. The van der Waals surface area contributed by atoms with Crippen molar-refractivity contribution in [1.82, 2.24) is 4.98 Å². The monoisotopic (exact) mass is 377 g/mol. The Balaban J connectivity index is 2.11. The first-order chi connectivity index (χ1) is 12.3. The van der Waals surface area contributed by atoms with Gasteiger partial charge in [0.1, 0.15) is 5.60 Å². The Morgan fingerprint density at radius 1 is 0.885 bits per heavy atom. The largest absolute Gasteiger partial charge is 0.416 e. The van der Waals surface area contributed by atoms with Crippen LogP contribution >= 0.6 is 11.6 Å². The Bertz CT molecular complexity index is 882. The third-order valence-corrected chi connectivity index (χ3v) is 4.43. The van der Waals surface area contributed by atoms with Crippen LogP contribution in [0.2, 0.25) is 5.02 Å². The van der Waals surface area contributed by atoms with Gasteiger partial charge >= 0.3 is 6.18 Å². The lowest BCUT2D eigenvalue weighted by molar-refractivity contribution is -0.137. The second-order valence-corrected chi connectivity index (χ2v) is 6.42. The quantitative estimate of drug-likeness (QED) is 0.675. The Kier molecular flexibility index (Phi) is 5.03. The van der Waals surface area contributed by atoms with Gasteiger partial charge in [0.15, 0.2) is 0 Å². The maximum absolute atomic E-state index is 13.1. The Morgan fingerprint density at radius 3 is 2.15 bits per heavy atom. The molecule has 0 amide bonds. The molecule has 1 unspecified atom stereocenters. The van der Waals surface area contributed by atoms with E-state index in [9.17, 15) is 18.3 Å². The molecular formula is C20H15ClF3NO. The van der Waals surface area contributed by atoms with Gasteiger partial charge in [-0.25, -0.2) is 0 Å². The van der Waals surface area contributed by atoms with Crippen molar-refractivity contribution < 1.29 is 18.3 Å². The predicted molar refractivity (Wildman–Crippen MR) is 93.8 cm³/mol. The van der Waals surface area contributed by atoms with Crippen molar-refractivity contribution in [3.8, 4) is 0 Å². The number of nitrogens with zero attached hydrogens (tertiary/aromatic N) is 1. The van der Waals surface area contributed by atoms with Gasteiger partial charge in [-0.3, -0.25) is 4.98 Å². The first-order valence-electron chi connectivity index (χ1n) is 7.84. The van der Waals surface area contributed by atoms with E-state index in [4.69, 9.17) is 11.6 Å². The van der Waals surface area contributed by atoms with Crippen LogP contribution in [0, 0.1) is 0 Å². The summed E-state index contributed by atoms with van der Waals surface area (Å²) in [6.45, 7) is 0. The van der Waals surface area contributed by atoms with Gasteiger partial charge in [0, 0.05) is 29.4 Å². The van der Waals surface area contributed by atoms with Crippen LogP contribution in [0.3, 0.4) is 0 Å². The molecule has 2 nitrogen and oxygen atoms in total. The molecule has 1 heterocycles. The summed E-state index contributed by atoms with van der Waals surface area (Å²) >= 11 is 5.89. The standard InChI is InChI=1S/C20H15ClF3NO/c21-18-8-6-14(7-9-18)12-19(26,17-5-2-10-25-13-17)15-3-1-4-16(11-15)20(22,23)24/h1-11,13,26H,12H2. The molecule has 0 bridgehead atoms. The molecule has 26 heavy (non-hydrogen) atoms. The molecule has 0 radical (unpaired) electrons. The van der Waals surface area contributed by atoms with Crippen LogP contribution in [-0.4, -0.2) is 10.1 Å². The summed E-state index contributed by atoms with van der Waals surface area (Å²) in [5.74, 6) is 0. The topological polar surface area (TPSA) is 33.1 Å². The number of hydrogen-bond donors (Lipinski definition) is 1. The zero-order valence-electron chi connectivity index (χ0n) is 13.5. The van der Waals surface area contributed by atoms with Crippen LogP contribution < -0.4 is 0 Å². The van der Waals surface area contributed by atoms with E-state index in [1.807, 2.05) is 0 Å². The van der Waals surface area contributed by atoms with Crippen molar-refractivity contribution in [3.63, 3.8) is 0 Å². The number of benzene rings is 2. The van der Waals surface area contributed by atoms with E-state index in [0.29, 0.717) is 10.6 Å². The van der Waals surface area contributed by atoms with Gasteiger partial charge in [-0.05, 0) is 41.5 Å². The van der Waals surface area contributed by atoms with Crippen LogP contribution in [0.5, 0.6) is 0 Å². The molecule has 0 aliphatic carbocycles. The van der Waals surface area contributed by atoms with Gasteiger partial charge in [0.05, 0.1) is 5.56 Å². The van der Waals surface area contributed by atoms with E-state index in [1.165, 1.54) is 18.3 Å². The van der Waals surface area contributed by atoms with E-state index < -0.39 is 17.3 Å². The fourth-order valence-corrected chi connectivity index (χ4v) is 2.95. The summed E-state index contributed by atoms with van der Waals surface area (Å²) < 4.78 is 39.4. The van der Waals surface area contributed by atoms with Gasteiger partial charge in [-0.1, -0.05) is 41.9 Å².